The maximum absolute atomic E-state index is 12.1. The molecule has 1 aromatic rings. The number of nitrogens with zero attached hydrogens (tertiary/aromatic N) is 1. The number of rotatable bonds is 6. The minimum Gasteiger partial charge on any atom is -0.489 e. The van der Waals surface area contributed by atoms with E-state index >= 15 is 0 Å². The zero-order valence-electron chi connectivity index (χ0n) is 15.2. The van der Waals surface area contributed by atoms with E-state index in [2.05, 4.69) is 5.32 Å². The van der Waals surface area contributed by atoms with Crippen LogP contribution in [0, 0.1) is 0 Å². The van der Waals surface area contributed by atoms with Gasteiger partial charge in [0.25, 0.3) is 0 Å². The standard InChI is InChI=1S/C18H27ClN2O4S/c1-2-10-26(22,23)21-6-4-15(5-7-21)20-13-14-11-16(19)18-17(12-14)24-8-3-9-25-18/h11-12,15,20H,2-10,13H2,1H3. The summed E-state index contributed by atoms with van der Waals surface area (Å²) in [5.74, 6) is 1.57. The molecule has 6 nitrogen and oxygen atoms in total. The first-order valence-corrected chi connectivity index (χ1v) is 11.3. The highest BCUT2D eigenvalue weighted by Gasteiger charge is 2.27. The molecule has 2 aliphatic heterocycles. The van der Waals surface area contributed by atoms with Gasteiger partial charge in [0.05, 0.1) is 24.0 Å². The van der Waals surface area contributed by atoms with Gasteiger partial charge in [-0.3, -0.25) is 0 Å². The monoisotopic (exact) mass is 402 g/mol. The summed E-state index contributed by atoms with van der Waals surface area (Å²) in [7, 11) is -3.09. The zero-order valence-corrected chi connectivity index (χ0v) is 16.7. The lowest BCUT2D eigenvalue weighted by Crippen LogP contribution is -2.45. The number of piperidine rings is 1. The number of sulfonamides is 1. The van der Waals surface area contributed by atoms with E-state index in [1.165, 1.54) is 0 Å². The maximum Gasteiger partial charge on any atom is 0.214 e. The fourth-order valence-electron chi connectivity index (χ4n) is 3.37. The fraction of sp³-hybridized carbons (Fsp3) is 0.667. The van der Waals surface area contributed by atoms with Crippen molar-refractivity contribution in [1.82, 2.24) is 9.62 Å². The van der Waals surface area contributed by atoms with E-state index in [0.717, 1.165) is 24.8 Å². The van der Waals surface area contributed by atoms with E-state index < -0.39 is 10.0 Å². The van der Waals surface area contributed by atoms with Crippen molar-refractivity contribution in [2.45, 2.75) is 45.2 Å². The van der Waals surface area contributed by atoms with Crippen molar-refractivity contribution in [3.05, 3.63) is 22.7 Å². The molecule has 3 rings (SSSR count). The van der Waals surface area contributed by atoms with Crippen LogP contribution in [0.2, 0.25) is 5.02 Å². The molecule has 1 fully saturated rings. The average molecular weight is 403 g/mol. The van der Waals surface area contributed by atoms with Crippen LogP contribution in [0.25, 0.3) is 0 Å². The lowest BCUT2D eigenvalue weighted by Gasteiger charge is -2.31. The maximum atomic E-state index is 12.1. The van der Waals surface area contributed by atoms with Gasteiger partial charge in [0.15, 0.2) is 11.5 Å². The summed E-state index contributed by atoms with van der Waals surface area (Å²) < 4.78 is 37.3. The molecule has 0 bridgehead atoms. The average Bonchev–Trinajstić information content (AvgIpc) is 2.86. The predicted molar refractivity (Wildman–Crippen MR) is 103 cm³/mol. The van der Waals surface area contributed by atoms with Crippen molar-refractivity contribution in [3.63, 3.8) is 0 Å². The quantitative estimate of drug-likeness (QED) is 0.792. The third-order valence-electron chi connectivity index (χ3n) is 4.77. The molecule has 146 valence electrons. The summed E-state index contributed by atoms with van der Waals surface area (Å²) in [5.41, 5.74) is 1.04. The van der Waals surface area contributed by atoms with Crippen molar-refractivity contribution < 1.29 is 17.9 Å². The molecule has 0 spiro atoms. The van der Waals surface area contributed by atoms with Gasteiger partial charge in [-0.25, -0.2) is 12.7 Å². The minimum atomic E-state index is -3.09. The second kappa shape index (κ2) is 8.78. The Morgan fingerprint density at radius 1 is 1.23 bits per heavy atom. The molecule has 1 saturated heterocycles. The van der Waals surface area contributed by atoms with Gasteiger partial charge in [0, 0.05) is 32.1 Å². The smallest absolute Gasteiger partial charge is 0.214 e. The lowest BCUT2D eigenvalue weighted by molar-refractivity contribution is 0.288. The first kappa shape index (κ1) is 19.7. The Morgan fingerprint density at radius 2 is 1.96 bits per heavy atom. The summed E-state index contributed by atoms with van der Waals surface area (Å²) in [6.07, 6.45) is 3.14. The van der Waals surface area contributed by atoms with Gasteiger partial charge < -0.3 is 14.8 Å². The Hall–Kier alpha value is -1.02. The predicted octanol–water partition coefficient (Wildman–Crippen LogP) is 2.80. The van der Waals surface area contributed by atoms with Crippen LogP contribution in [0.1, 0.15) is 38.2 Å². The zero-order chi connectivity index (χ0) is 18.6. The van der Waals surface area contributed by atoms with Crippen LogP contribution in [0.3, 0.4) is 0 Å². The van der Waals surface area contributed by atoms with E-state index in [-0.39, 0.29) is 5.75 Å². The van der Waals surface area contributed by atoms with Crippen molar-refractivity contribution in [2.75, 3.05) is 32.1 Å². The van der Waals surface area contributed by atoms with E-state index in [1.807, 2.05) is 19.1 Å². The van der Waals surface area contributed by atoms with E-state index in [4.69, 9.17) is 21.1 Å². The highest BCUT2D eigenvalue weighted by atomic mass is 35.5. The van der Waals surface area contributed by atoms with Crippen LogP contribution in [0.15, 0.2) is 12.1 Å². The Bertz CT molecular complexity index is 718. The van der Waals surface area contributed by atoms with E-state index in [9.17, 15) is 8.42 Å². The Labute approximate surface area is 160 Å². The van der Waals surface area contributed by atoms with Crippen molar-refractivity contribution in [2.24, 2.45) is 0 Å². The Balaban J connectivity index is 1.54. The van der Waals surface area contributed by atoms with Crippen molar-refractivity contribution in [3.8, 4) is 11.5 Å². The third kappa shape index (κ3) is 4.82. The van der Waals surface area contributed by atoms with Gasteiger partial charge in [-0.1, -0.05) is 18.5 Å². The van der Waals surface area contributed by atoms with Crippen LogP contribution in [-0.4, -0.2) is 50.8 Å². The summed E-state index contributed by atoms with van der Waals surface area (Å²) in [5, 5.41) is 4.09. The van der Waals surface area contributed by atoms with Crippen molar-refractivity contribution in [1.29, 1.82) is 0 Å². The molecule has 1 N–H and O–H groups in total. The second-order valence-corrected chi connectivity index (χ2v) is 9.32. The third-order valence-corrected chi connectivity index (χ3v) is 7.12. The molecule has 0 amide bonds. The normalized spacial score (nSPS) is 19.3. The van der Waals surface area contributed by atoms with E-state index in [0.29, 0.717) is 61.8 Å². The molecule has 2 aliphatic rings. The van der Waals surface area contributed by atoms with Crippen LogP contribution in [-0.2, 0) is 16.6 Å². The molecule has 0 aromatic heterocycles. The number of benzene rings is 1. The molecule has 0 atom stereocenters. The van der Waals surface area contributed by atoms with Gasteiger partial charge in [-0.2, -0.15) is 0 Å². The molecule has 0 aliphatic carbocycles. The largest absolute Gasteiger partial charge is 0.489 e. The van der Waals surface area contributed by atoms with Gasteiger partial charge >= 0.3 is 0 Å². The minimum absolute atomic E-state index is 0.237. The van der Waals surface area contributed by atoms with Gasteiger partial charge in [0.2, 0.25) is 10.0 Å². The molecule has 1 aromatic carbocycles. The number of ether oxygens (including phenoxy) is 2. The molecule has 0 saturated carbocycles. The molecular formula is C18H27ClN2O4S. The number of nitrogens with one attached hydrogen (secondary N) is 1. The Kier molecular flexibility index (Phi) is 6.66. The lowest BCUT2D eigenvalue weighted by atomic mass is 10.1. The summed E-state index contributed by atoms with van der Waals surface area (Å²) in [4.78, 5) is 0. The topological polar surface area (TPSA) is 67.9 Å². The van der Waals surface area contributed by atoms with Gasteiger partial charge in [0.1, 0.15) is 0 Å². The van der Waals surface area contributed by atoms with Crippen LogP contribution >= 0.6 is 11.6 Å². The van der Waals surface area contributed by atoms with E-state index in [1.54, 1.807) is 4.31 Å². The number of halogens is 1. The highest BCUT2D eigenvalue weighted by molar-refractivity contribution is 7.89. The van der Waals surface area contributed by atoms with Gasteiger partial charge in [-0.15, -0.1) is 0 Å². The fourth-order valence-corrected chi connectivity index (χ4v) is 5.20. The molecule has 26 heavy (non-hydrogen) atoms. The Morgan fingerprint density at radius 3 is 2.69 bits per heavy atom. The van der Waals surface area contributed by atoms with Gasteiger partial charge in [-0.05, 0) is 37.0 Å². The summed E-state index contributed by atoms with van der Waals surface area (Å²) in [6, 6.07) is 4.18. The molecule has 2 heterocycles. The van der Waals surface area contributed by atoms with Crippen LogP contribution in [0.4, 0.5) is 0 Å². The first-order chi connectivity index (χ1) is 12.5. The highest BCUT2D eigenvalue weighted by Crippen LogP contribution is 2.38. The van der Waals surface area contributed by atoms with Crippen LogP contribution in [0.5, 0.6) is 11.5 Å². The van der Waals surface area contributed by atoms with Crippen LogP contribution < -0.4 is 14.8 Å². The molecule has 0 radical (unpaired) electrons. The first-order valence-electron chi connectivity index (χ1n) is 9.29. The summed E-state index contributed by atoms with van der Waals surface area (Å²) in [6.45, 7) is 4.98. The number of fused-ring (bicyclic) bond motifs is 1. The molecular weight excluding hydrogens is 376 g/mol. The molecule has 8 heteroatoms. The number of hydrogen-bond acceptors (Lipinski definition) is 5. The molecule has 0 unspecified atom stereocenters. The summed E-state index contributed by atoms with van der Waals surface area (Å²) >= 11 is 6.33. The number of hydrogen-bond donors (Lipinski definition) is 1. The SMILES string of the molecule is CCCS(=O)(=O)N1CCC(NCc2cc(Cl)c3c(c2)OCCCO3)CC1. The van der Waals surface area contributed by atoms with Crippen molar-refractivity contribution >= 4 is 21.6 Å². The second-order valence-electron chi connectivity index (χ2n) is 6.83.